The summed E-state index contributed by atoms with van der Waals surface area (Å²) in [5.74, 6) is 0.284. The van der Waals surface area contributed by atoms with Crippen LogP contribution in [-0.2, 0) is 11.2 Å². The van der Waals surface area contributed by atoms with Gasteiger partial charge in [0.15, 0.2) is 0 Å². The van der Waals surface area contributed by atoms with Crippen molar-refractivity contribution in [1.82, 2.24) is 4.90 Å². The van der Waals surface area contributed by atoms with Crippen LogP contribution in [0.3, 0.4) is 0 Å². The number of aliphatic carboxylic acids is 1. The fourth-order valence-electron chi connectivity index (χ4n) is 3.63. The molecule has 2 rings (SSSR count). The monoisotopic (exact) mass is 427 g/mol. The molecule has 0 aliphatic rings. The summed E-state index contributed by atoms with van der Waals surface area (Å²) in [5.41, 5.74) is 2.57. The molecule has 1 N–H and O–H groups in total. The van der Waals surface area contributed by atoms with Crippen molar-refractivity contribution in [3.05, 3.63) is 59.2 Å². The van der Waals surface area contributed by atoms with E-state index in [4.69, 9.17) is 14.6 Å². The molecule has 2 aromatic carbocycles. The van der Waals surface area contributed by atoms with E-state index in [1.54, 1.807) is 26.4 Å². The quantitative estimate of drug-likeness (QED) is 0.496. The molecule has 6 heteroatoms. The Balaban J connectivity index is 2.21. The molecule has 0 aliphatic carbocycles. The average Bonchev–Trinajstić information content (AvgIpc) is 2.77. The number of hydrogen-bond acceptors (Lipinski definition) is 4. The number of ether oxygens (including phenoxy) is 2. The fourth-order valence-corrected chi connectivity index (χ4v) is 3.63. The lowest BCUT2D eigenvalue weighted by molar-refractivity contribution is -0.137. The van der Waals surface area contributed by atoms with E-state index in [-0.39, 0.29) is 18.4 Å². The minimum absolute atomic E-state index is 0.00386. The number of methoxy groups -OCH3 is 2. The lowest BCUT2D eigenvalue weighted by atomic mass is 10.0. The molecule has 0 saturated heterocycles. The first-order valence-corrected chi connectivity index (χ1v) is 10.7. The maximum Gasteiger partial charge on any atom is 0.303 e. The van der Waals surface area contributed by atoms with Gasteiger partial charge in [-0.1, -0.05) is 30.3 Å². The Morgan fingerprint density at radius 3 is 2.19 bits per heavy atom. The van der Waals surface area contributed by atoms with E-state index in [2.05, 4.69) is 12.1 Å². The summed E-state index contributed by atoms with van der Waals surface area (Å²) < 4.78 is 10.9. The van der Waals surface area contributed by atoms with Crippen molar-refractivity contribution in [1.29, 1.82) is 0 Å². The summed E-state index contributed by atoms with van der Waals surface area (Å²) >= 11 is 0. The van der Waals surface area contributed by atoms with Crippen LogP contribution >= 0.6 is 0 Å². The SMILES string of the molecule is COc1cc(C(=O)N(CCCCC(=O)O)[C@@H](C)CCc2ccccc2)cc(OC)c1C. The second kappa shape index (κ2) is 12.0. The lowest BCUT2D eigenvalue weighted by Gasteiger charge is -2.30. The number of benzene rings is 2. The Bertz CT molecular complexity index is 840. The Hall–Kier alpha value is -3.02. The van der Waals surface area contributed by atoms with Crippen LogP contribution < -0.4 is 9.47 Å². The Morgan fingerprint density at radius 2 is 1.65 bits per heavy atom. The summed E-state index contributed by atoms with van der Waals surface area (Å²) in [4.78, 5) is 26.2. The van der Waals surface area contributed by atoms with Crippen molar-refractivity contribution in [2.45, 2.75) is 52.0 Å². The molecule has 0 unspecified atom stereocenters. The molecule has 168 valence electrons. The van der Waals surface area contributed by atoms with Crippen LogP contribution in [-0.4, -0.2) is 48.7 Å². The highest BCUT2D eigenvalue weighted by Crippen LogP contribution is 2.30. The number of carbonyl (C=O) groups is 2. The highest BCUT2D eigenvalue weighted by atomic mass is 16.5. The van der Waals surface area contributed by atoms with E-state index >= 15 is 0 Å². The van der Waals surface area contributed by atoms with Gasteiger partial charge in [-0.3, -0.25) is 9.59 Å². The van der Waals surface area contributed by atoms with Gasteiger partial charge in [-0.25, -0.2) is 0 Å². The van der Waals surface area contributed by atoms with Crippen molar-refractivity contribution >= 4 is 11.9 Å². The zero-order valence-electron chi connectivity index (χ0n) is 18.9. The zero-order valence-corrected chi connectivity index (χ0v) is 18.9. The summed E-state index contributed by atoms with van der Waals surface area (Å²) in [6, 6.07) is 13.7. The first kappa shape index (κ1) is 24.3. The number of carbonyl (C=O) groups excluding carboxylic acids is 1. The van der Waals surface area contributed by atoms with Gasteiger partial charge in [-0.15, -0.1) is 0 Å². The molecular formula is C25H33NO5. The van der Waals surface area contributed by atoms with Crippen LogP contribution in [0.4, 0.5) is 0 Å². The van der Waals surface area contributed by atoms with Gasteiger partial charge in [0, 0.05) is 30.1 Å². The number of unbranched alkanes of at least 4 members (excludes halogenated alkanes) is 1. The third-order valence-corrected chi connectivity index (χ3v) is 5.53. The predicted molar refractivity (Wildman–Crippen MR) is 121 cm³/mol. The van der Waals surface area contributed by atoms with Crippen LogP contribution in [0, 0.1) is 6.92 Å². The first-order valence-electron chi connectivity index (χ1n) is 10.7. The number of carboxylic acid groups (broad SMARTS) is 1. The minimum atomic E-state index is -0.817. The molecule has 0 spiro atoms. The Morgan fingerprint density at radius 1 is 1.03 bits per heavy atom. The van der Waals surface area contributed by atoms with Crippen molar-refractivity contribution in [3.8, 4) is 11.5 Å². The van der Waals surface area contributed by atoms with Crippen LogP contribution in [0.25, 0.3) is 0 Å². The summed E-state index contributed by atoms with van der Waals surface area (Å²) in [6.45, 7) is 4.43. The normalized spacial score (nSPS) is 11.6. The number of amides is 1. The molecule has 31 heavy (non-hydrogen) atoms. The molecule has 2 aromatic rings. The summed E-state index contributed by atoms with van der Waals surface area (Å²) in [7, 11) is 3.14. The zero-order chi connectivity index (χ0) is 22.8. The average molecular weight is 428 g/mol. The second-order valence-corrected chi connectivity index (χ2v) is 7.73. The molecule has 0 radical (unpaired) electrons. The van der Waals surface area contributed by atoms with Crippen molar-refractivity contribution < 1.29 is 24.2 Å². The molecule has 0 aliphatic heterocycles. The molecule has 0 aromatic heterocycles. The van der Waals surface area contributed by atoms with E-state index in [1.807, 2.05) is 36.9 Å². The van der Waals surface area contributed by atoms with Gasteiger partial charge in [0.25, 0.3) is 5.91 Å². The van der Waals surface area contributed by atoms with Gasteiger partial charge in [0.2, 0.25) is 0 Å². The van der Waals surface area contributed by atoms with E-state index < -0.39 is 5.97 Å². The molecule has 1 amide bonds. The van der Waals surface area contributed by atoms with Crippen molar-refractivity contribution in [3.63, 3.8) is 0 Å². The number of rotatable bonds is 12. The molecule has 0 fully saturated rings. The summed E-state index contributed by atoms with van der Waals surface area (Å²) in [5, 5.41) is 8.92. The minimum Gasteiger partial charge on any atom is -0.496 e. The van der Waals surface area contributed by atoms with E-state index in [9.17, 15) is 9.59 Å². The van der Waals surface area contributed by atoms with E-state index in [0.29, 0.717) is 36.4 Å². The molecule has 0 heterocycles. The molecule has 6 nitrogen and oxygen atoms in total. The predicted octanol–water partition coefficient (Wildman–Crippen LogP) is 4.73. The maximum atomic E-state index is 13.5. The molecule has 0 bridgehead atoms. The number of carboxylic acids is 1. The van der Waals surface area contributed by atoms with Gasteiger partial charge in [0.1, 0.15) is 11.5 Å². The largest absolute Gasteiger partial charge is 0.496 e. The smallest absolute Gasteiger partial charge is 0.303 e. The van der Waals surface area contributed by atoms with Gasteiger partial charge in [-0.2, -0.15) is 0 Å². The van der Waals surface area contributed by atoms with Gasteiger partial charge in [-0.05, 0) is 57.2 Å². The van der Waals surface area contributed by atoms with Gasteiger partial charge in [0.05, 0.1) is 14.2 Å². The highest BCUT2D eigenvalue weighted by molar-refractivity contribution is 5.95. The van der Waals surface area contributed by atoms with Crippen LogP contribution in [0.1, 0.15) is 54.1 Å². The molecule has 0 saturated carbocycles. The maximum absolute atomic E-state index is 13.5. The standard InChI is InChI=1S/C25H33NO5/c1-18(13-14-20-10-6-5-7-11-20)26(15-9-8-12-24(27)28)25(29)21-16-22(30-3)19(2)23(17-21)31-4/h5-7,10-11,16-18H,8-9,12-15H2,1-4H3,(H,27,28)/t18-/m0/s1. The number of aryl methyl sites for hydroxylation is 1. The molecule has 1 atom stereocenters. The Labute approximate surface area is 184 Å². The number of hydrogen-bond donors (Lipinski definition) is 1. The van der Waals surface area contributed by atoms with Gasteiger partial charge < -0.3 is 19.5 Å². The van der Waals surface area contributed by atoms with Gasteiger partial charge >= 0.3 is 5.97 Å². The summed E-state index contributed by atoms with van der Waals surface area (Å²) in [6.07, 6.45) is 2.95. The topological polar surface area (TPSA) is 76.1 Å². The van der Waals surface area contributed by atoms with Crippen LogP contribution in [0.2, 0.25) is 0 Å². The first-order chi connectivity index (χ1) is 14.9. The van der Waals surface area contributed by atoms with Crippen molar-refractivity contribution in [2.24, 2.45) is 0 Å². The van der Waals surface area contributed by atoms with E-state index in [1.165, 1.54) is 5.56 Å². The molecular weight excluding hydrogens is 394 g/mol. The second-order valence-electron chi connectivity index (χ2n) is 7.73. The van der Waals surface area contributed by atoms with E-state index in [0.717, 1.165) is 18.4 Å². The third-order valence-electron chi connectivity index (χ3n) is 5.53. The van der Waals surface area contributed by atoms with Crippen LogP contribution in [0.15, 0.2) is 42.5 Å². The third kappa shape index (κ3) is 7.02. The lowest BCUT2D eigenvalue weighted by Crippen LogP contribution is -2.39. The number of nitrogens with zero attached hydrogens (tertiary/aromatic N) is 1. The highest BCUT2D eigenvalue weighted by Gasteiger charge is 2.23. The van der Waals surface area contributed by atoms with Crippen molar-refractivity contribution in [2.75, 3.05) is 20.8 Å². The Kier molecular flexibility index (Phi) is 9.38. The van der Waals surface area contributed by atoms with Crippen LogP contribution in [0.5, 0.6) is 11.5 Å². The fraction of sp³-hybridized carbons (Fsp3) is 0.440.